The van der Waals surface area contributed by atoms with Crippen molar-refractivity contribution >= 4 is 5.82 Å². The maximum atomic E-state index is 12.2. The second-order valence-corrected chi connectivity index (χ2v) is 5.91. The fourth-order valence-electron chi connectivity index (χ4n) is 2.58. The second-order valence-electron chi connectivity index (χ2n) is 5.91. The van der Waals surface area contributed by atoms with Gasteiger partial charge in [0, 0.05) is 25.5 Å². The van der Waals surface area contributed by atoms with Gasteiger partial charge in [-0.25, -0.2) is 4.98 Å². The van der Waals surface area contributed by atoms with Crippen molar-refractivity contribution in [3.05, 3.63) is 34.4 Å². The first kappa shape index (κ1) is 14.8. The van der Waals surface area contributed by atoms with Gasteiger partial charge in [-0.1, -0.05) is 25.5 Å². The summed E-state index contributed by atoms with van der Waals surface area (Å²) in [6.07, 6.45) is 11.9. The third-order valence-corrected chi connectivity index (χ3v) is 3.60. The van der Waals surface area contributed by atoms with Gasteiger partial charge in [0.2, 0.25) is 0 Å². The summed E-state index contributed by atoms with van der Waals surface area (Å²) in [6.45, 7) is 5.74. The third-order valence-electron chi connectivity index (χ3n) is 3.60. The zero-order valence-corrected chi connectivity index (χ0v) is 12.6. The summed E-state index contributed by atoms with van der Waals surface area (Å²) >= 11 is 0. The van der Waals surface area contributed by atoms with Gasteiger partial charge in [-0.15, -0.1) is 0 Å². The van der Waals surface area contributed by atoms with Gasteiger partial charge in [0.15, 0.2) is 5.82 Å². The zero-order valence-electron chi connectivity index (χ0n) is 12.6. The first-order valence-corrected chi connectivity index (χ1v) is 7.64. The van der Waals surface area contributed by atoms with Gasteiger partial charge in [0.05, 0.1) is 0 Å². The van der Waals surface area contributed by atoms with E-state index in [0.717, 1.165) is 19.5 Å². The predicted octanol–water partition coefficient (Wildman–Crippen LogP) is 3.20. The van der Waals surface area contributed by atoms with Crippen LogP contribution in [0.25, 0.3) is 0 Å². The van der Waals surface area contributed by atoms with Crippen LogP contribution in [0.3, 0.4) is 0 Å². The van der Waals surface area contributed by atoms with Crippen LogP contribution in [0.2, 0.25) is 0 Å². The molecule has 0 saturated heterocycles. The van der Waals surface area contributed by atoms with Crippen LogP contribution in [0.1, 0.15) is 46.0 Å². The molecule has 1 aliphatic rings. The highest BCUT2D eigenvalue weighted by molar-refractivity contribution is 5.31. The van der Waals surface area contributed by atoms with E-state index >= 15 is 0 Å². The van der Waals surface area contributed by atoms with E-state index in [1.807, 2.05) is 0 Å². The predicted molar refractivity (Wildman–Crippen MR) is 83.0 cm³/mol. The van der Waals surface area contributed by atoms with Crippen molar-refractivity contribution in [2.45, 2.75) is 52.5 Å². The summed E-state index contributed by atoms with van der Waals surface area (Å²) in [4.78, 5) is 16.4. The number of hydrogen-bond acceptors (Lipinski definition) is 3. The Morgan fingerprint density at radius 3 is 2.95 bits per heavy atom. The maximum Gasteiger partial charge on any atom is 0.293 e. The first-order valence-electron chi connectivity index (χ1n) is 7.64. The van der Waals surface area contributed by atoms with E-state index in [4.69, 9.17) is 0 Å². The van der Waals surface area contributed by atoms with E-state index in [-0.39, 0.29) is 5.56 Å². The van der Waals surface area contributed by atoms with Crippen LogP contribution >= 0.6 is 0 Å². The molecule has 0 spiro atoms. The molecule has 1 aliphatic carbocycles. The Morgan fingerprint density at radius 2 is 2.25 bits per heavy atom. The molecule has 1 aromatic heterocycles. The van der Waals surface area contributed by atoms with E-state index in [1.165, 1.54) is 31.3 Å². The molecule has 0 atom stereocenters. The molecule has 1 N–H and O–H groups in total. The summed E-state index contributed by atoms with van der Waals surface area (Å²) in [5.41, 5.74) is 1.50. The molecule has 0 radical (unpaired) electrons. The lowest BCUT2D eigenvalue weighted by Gasteiger charge is -2.14. The van der Waals surface area contributed by atoms with Crippen molar-refractivity contribution < 1.29 is 0 Å². The molecular formula is C16H25N3O. The minimum Gasteiger partial charge on any atom is -0.365 e. The summed E-state index contributed by atoms with van der Waals surface area (Å²) in [6, 6.07) is 0. The highest BCUT2D eigenvalue weighted by Gasteiger charge is 2.07. The van der Waals surface area contributed by atoms with Gasteiger partial charge >= 0.3 is 0 Å². The van der Waals surface area contributed by atoms with Crippen molar-refractivity contribution in [3.8, 4) is 0 Å². The molecule has 0 aromatic carbocycles. The van der Waals surface area contributed by atoms with Gasteiger partial charge in [-0.2, -0.15) is 0 Å². The number of allylic oxidation sites excluding steroid dienone is 1. The number of rotatable bonds is 6. The molecule has 1 aromatic rings. The smallest absolute Gasteiger partial charge is 0.293 e. The summed E-state index contributed by atoms with van der Waals surface area (Å²) in [5.74, 6) is 0.930. The number of aromatic nitrogens is 2. The topological polar surface area (TPSA) is 46.9 Å². The Hall–Kier alpha value is -1.58. The molecule has 0 aliphatic heterocycles. The molecular weight excluding hydrogens is 250 g/mol. The number of anilines is 1. The second kappa shape index (κ2) is 7.27. The Balaban J connectivity index is 1.92. The molecule has 0 bridgehead atoms. The Morgan fingerprint density at radius 1 is 1.40 bits per heavy atom. The first-order chi connectivity index (χ1) is 9.66. The maximum absolute atomic E-state index is 12.2. The normalized spacial score (nSPS) is 15.2. The molecule has 0 amide bonds. The Bertz CT molecular complexity index is 517. The molecule has 1 heterocycles. The molecule has 20 heavy (non-hydrogen) atoms. The van der Waals surface area contributed by atoms with Gasteiger partial charge in [0.25, 0.3) is 5.56 Å². The molecule has 0 unspecified atom stereocenters. The quantitative estimate of drug-likeness (QED) is 0.811. The van der Waals surface area contributed by atoms with E-state index < -0.39 is 0 Å². The number of nitrogens with one attached hydrogen (secondary N) is 1. The lowest BCUT2D eigenvalue weighted by atomic mass is 9.97. The standard InChI is InChI=1S/C16H25N3O/c1-13(2)12-19-11-10-18-15(16(19)20)17-9-8-14-6-4-3-5-7-14/h6,10-11,13H,3-5,7-9,12H2,1-2H3,(H,17,18). The van der Waals surface area contributed by atoms with Crippen molar-refractivity contribution in [2.75, 3.05) is 11.9 Å². The summed E-state index contributed by atoms with van der Waals surface area (Å²) in [7, 11) is 0. The van der Waals surface area contributed by atoms with Crippen LogP contribution in [-0.4, -0.2) is 16.1 Å². The minimum absolute atomic E-state index is 0.0150. The van der Waals surface area contributed by atoms with Crippen molar-refractivity contribution in [2.24, 2.45) is 5.92 Å². The van der Waals surface area contributed by atoms with Gasteiger partial charge in [-0.3, -0.25) is 4.79 Å². The largest absolute Gasteiger partial charge is 0.365 e. The molecule has 4 nitrogen and oxygen atoms in total. The lowest BCUT2D eigenvalue weighted by Crippen LogP contribution is -2.26. The number of nitrogens with zero attached hydrogens (tertiary/aromatic N) is 2. The minimum atomic E-state index is -0.0150. The fourth-order valence-corrected chi connectivity index (χ4v) is 2.58. The molecule has 0 saturated carbocycles. The molecule has 4 heteroatoms. The lowest BCUT2D eigenvalue weighted by molar-refractivity contribution is 0.509. The van der Waals surface area contributed by atoms with Crippen LogP contribution in [-0.2, 0) is 6.54 Å². The molecule has 0 fully saturated rings. The Labute approximate surface area is 120 Å². The summed E-state index contributed by atoms with van der Waals surface area (Å²) < 4.78 is 1.74. The van der Waals surface area contributed by atoms with Crippen molar-refractivity contribution in [3.63, 3.8) is 0 Å². The average molecular weight is 275 g/mol. The van der Waals surface area contributed by atoms with Gasteiger partial charge < -0.3 is 9.88 Å². The number of hydrogen-bond donors (Lipinski definition) is 1. The van der Waals surface area contributed by atoms with Gasteiger partial charge in [-0.05, 0) is 38.0 Å². The monoisotopic (exact) mass is 275 g/mol. The van der Waals surface area contributed by atoms with E-state index in [9.17, 15) is 4.79 Å². The molecule has 110 valence electrons. The fraction of sp³-hybridized carbons (Fsp3) is 0.625. The van der Waals surface area contributed by atoms with Crippen LogP contribution in [0.4, 0.5) is 5.82 Å². The SMILES string of the molecule is CC(C)Cn1ccnc(NCCC2=CCCCC2)c1=O. The highest BCUT2D eigenvalue weighted by atomic mass is 16.1. The van der Waals surface area contributed by atoms with Crippen molar-refractivity contribution in [1.82, 2.24) is 9.55 Å². The van der Waals surface area contributed by atoms with Crippen LogP contribution in [0.5, 0.6) is 0 Å². The summed E-state index contributed by atoms with van der Waals surface area (Å²) in [5, 5.41) is 3.19. The van der Waals surface area contributed by atoms with E-state index in [0.29, 0.717) is 11.7 Å². The van der Waals surface area contributed by atoms with E-state index in [1.54, 1.807) is 17.0 Å². The van der Waals surface area contributed by atoms with Crippen LogP contribution in [0.15, 0.2) is 28.8 Å². The van der Waals surface area contributed by atoms with Crippen molar-refractivity contribution in [1.29, 1.82) is 0 Å². The highest BCUT2D eigenvalue weighted by Crippen LogP contribution is 2.19. The van der Waals surface area contributed by atoms with Gasteiger partial charge in [0.1, 0.15) is 0 Å². The molecule has 2 rings (SSSR count). The van der Waals surface area contributed by atoms with Crippen LogP contribution in [0, 0.1) is 5.92 Å². The third kappa shape index (κ3) is 4.22. The zero-order chi connectivity index (χ0) is 14.4. The Kier molecular flexibility index (Phi) is 5.39. The average Bonchev–Trinajstić information content (AvgIpc) is 2.43. The van der Waals surface area contributed by atoms with E-state index in [2.05, 4.69) is 30.2 Å². The van der Waals surface area contributed by atoms with Crippen LogP contribution < -0.4 is 10.9 Å².